The molecule has 0 spiro atoms. The van der Waals surface area contributed by atoms with Crippen molar-refractivity contribution >= 4 is 24.6 Å². The summed E-state index contributed by atoms with van der Waals surface area (Å²) in [4.78, 5) is 38.3. The third kappa shape index (κ3) is 6.33. The highest BCUT2D eigenvalue weighted by Gasteiger charge is 2.20. The summed E-state index contributed by atoms with van der Waals surface area (Å²) < 4.78 is 4.95. The number of amides is 1. The SMILES string of the molecule is C=NOC(=O)CC(=O)[C@H](C)NC(=O)OCc1ccccc1. The average Bonchev–Trinajstić information content (AvgIpc) is 2.46. The van der Waals surface area contributed by atoms with Crippen molar-refractivity contribution in [3.63, 3.8) is 0 Å². The smallest absolute Gasteiger partial charge is 0.408 e. The van der Waals surface area contributed by atoms with E-state index in [4.69, 9.17) is 4.74 Å². The Kier molecular flexibility index (Phi) is 6.59. The zero-order valence-electron chi connectivity index (χ0n) is 11.6. The molecule has 112 valence electrons. The number of oxime groups is 1. The molecule has 0 radical (unpaired) electrons. The van der Waals surface area contributed by atoms with Crippen molar-refractivity contribution < 1.29 is 24.0 Å². The molecule has 0 heterocycles. The average molecular weight is 292 g/mol. The van der Waals surface area contributed by atoms with Crippen molar-refractivity contribution in [3.05, 3.63) is 35.9 Å². The number of carbonyl (C=O) groups is 3. The molecule has 0 aliphatic rings. The lowest BCUT2D eigenvalue weighted by Crippen LogP contribution is -2.39. The van der Waals surface area contributed by atoms with Gasteiger partial charge in [-0.15, -0.1) is 0 Å². The molecule has 0 saturated heterocycles. The number of nitrogens with zero attached hydrogens (tertiary/aromatic N) is 1. The summed E-state index contributed by atoms with van der Waals surface area (Å²) in [6, 6.07) is 8.23. The summed E-state index contributed by atoms with van der Waals surface area (Å²) in [5, 5.41) is 5.24. The maximum atomic E-state index is 11.6. The third-order valence-corrected chi connectivity index (χ3v) is 2.52. The number of ketones is 1. The Labute approximate surface area is 121 Å². The maximum Gasteiger partial charge on any atom is 0.408 e. The van der Waals surface area contributed by atoms with Crippen LogP contribution < -0.4 is 5.32 Å². The summed E-state index contributed by atoms with van der Waals surface area (Å²) in [6.07, 6.45) is -1.24. The van der Waals surface area contributed by atoms with Gasteiger partial charge in [-0.25, -0.2) is 9.59 Å². The summed E-state index contributed by atoms with van der Waals surface area (Å²) in [6.45, 7) is 4.50. The Morgan fingerprint density at radius 2 is 1.95 bits per heavy atom. The lowest BCUT2D eigenvalue weighted by molar-refractivity contribution is -0.146. The van der Waals surface area contributed by atoms with E-state index in [1.54, 1.807) is 12.1 Å². The van der Waals surface area contributed by atoms with Crippen molar-refractivity contribution in [2.24, 2.45) is 5.16 Å². The van der Waals surface area contributed by atoms with E-state index in [1.807, 2.05) is 18.2 Å². The second-order valence-electron chi connectivity index (χ2n) is 4.16. The van der Waals surface area contributed by atoms with Crippen LogP contribution in [0, 0.1) is 0 Å². The van der Waals surface area contributed by atoms with Gasteiger partial charge in [-0.1, -0.05) is 35.5 Å². The highest BCUT2D eigenvalue weighted by molar-refractivity contribution is 5.99. The molecule has 0 unspecified atom stereocenters. The van der Waals surface area contributed by atoms with Gasteiger partial charge in [0, 0.05) is 6.72 Å². The van der Waals surface area contributed by atoms with E-state index in [1.165, 1.54) is 6.92 Å². The standard InChI is InChI=1S/C14H16N2O5/c1-10(12(17)8-13(18)21-15-2)16-14(19)20-9-11-6-4-3-5-7-11/h3-7,10H,2,8-9H2,1H3,(H,16,19)/t10-/m0/s1. The number of ether oxygens (including phenoxy) is 1. The summed E-state index contributed by atoms with van der Waals surface area (Å²) in [5.74, 6) is -1.35. The van der Waals surface area contributed by atoms with E-state index >= 15 is 0 Å². The number of benzene rings is 1. The fourth-order valence-electron chi connectivity index (χ4n) is 1.42. The van der Waals surface area contributed by atoms with Gasteiger partial charge < -0.3 is 14.9 Å². The first-order chi connectivity index (χ1) is 10.0. The van der Waals surface area contributed by atoms with Crippen molar-refractivity contribution in [2.75, 3.05) is 0 Å². The van der Waals surface area contributed by atoms with Crippen molar-refractivity contribution in [3.8, 4) is 0 Å². The normalized spacial score (nSPS) is 11.1. The fraction of sp³-hybridized carbons (Fsp3) is 0.286. The van der Waals surface area contributed by atoms with Crippen LogP contribution in [0.15, 0.2) is 35.5 Å². The van der Waals surface area contributed by atoms with Gasteiger partial charge in [-0.2, -0.15) is 0 Å². The van der Waals surface area contributed by atoms with Gasteiger partial charge in [0.05, 0.1) is 6.04 Å². The number of hydrogen-bond donors (Lipinski definition) is 1. The van der Waals surface area contributed by atoms with Crippen LogP contribution in [0.4, 0.5) is 4.79 Å². The highest BCUT2D eigenvalue weighted by atomic mass is 16.7. The van der Waals surface area contributed by atoms with Gasteiger partial charge >= 0.3 is 12.1 Å². The number of nitrogens with one attached hydrogen (secondary N) is 1. The monoisotopic (exact) mass is 292 g/mol. The van der Waals surface area contributed by atoms with Crippen LogP contribution >= 0.6 is 0 Å². The van der Waals surface area contributed by atoms with Gasteiger partial charge in [-0.3, -0.25) is 4.79 Å². The second kappa shape index (κ2) is 8.47. The minimum absolute atomic E-state index is 0.0933. The molecule has 0 fully saturated rings. The first-order valence-corrected chi connectivity index (χ1v) is 6.18. The molecule has 0 aliphatic carbocycles. The summed E-state index contributed by atoms with van der Waals surface area (Å²) in [7, 11) is 0. The Bertz CT molecular complexity index is 515. The Hall–Kier alpha value is -2.70. The van der Waals surface area contributed by atoms with E-state index in [2.05, 4.69) is 22.0 Å². The van der Waals surface area contributed by atoms with Crippen LogP contribution in [0.3, 0.4) is 0 Å². The molecule has 1 aromatic rings. The molecule has 0 aliphatic heterocycles. The predicted octanol–water partition coefficient (Wildman–Crippen LogP) is 1.42. The Balaban J connectivity index is 2.34. The summed E-state index contributed by atoms with van der Waals surface area (Å²) >= 11 is 0. The van der Waals surface area contributed by atoms with Gasteiger partial charge in [0.2, 0.25) is 0 Å². The molecular weight excluding hydrogens is 276 g/mol. The predicted molar refractivity (Wildman–Crippen MR) is 74.5 cm³/mol. The topological polar surface area (TPSA) is 94.1 Å². The zero-order valence-corrected chi connectivity index (χ0v) is 11.6. The third-order valence-electron chi connectivity index (χ3n) is 2.52. The molecule has 7 heteroatoms. The van der Waals surface area contributed by atoms with E-state index in [9.17, 15) is 14.4 Å². The van der Waals surface area contributed by atoms with Gasteiger partial charge in [-0.05, 0) is 12.5 Å². The highest BCUT2D eigenvalue weighted by Crippen LogP contribution is 2.01. The van der Waals surface area contributed by atoms with Crippen molar-refractivity contribution in [1.29, 1.82) is 0 Å². The van der Waals surface area contributed by atoms with Crippen LogP contribution in [0.1, 0.15) is 18.9 Å². The molecule has 1 amide bonds. The van der Waals surface area contributed by atoms with Gasteiger partial charge in [0.15, 0.2) is 5.78 Å². The second-order valence-corrected chi connectivity index (χ2v) is 4.16. The number of alkyl carbamates (subject to hydrolysis) is 1. The van der Waals surface area contributed by atoms with Crippen molar-refractivity contribution in [2.45, 2.75) is 26.0 Å². The molecule has 0 aromatic heterocycles. The van der Waals surface area contributed by atoms with E-state index in [0.717, 1.165) is 5.56 Å². The molecule has 1 atom stereocenters. The first-order valence-electron chi connectivity index (χ1n) is 6.18. The van der Waals surface area contributed by atoms with E-state index in [0.29, 0.717) is 0 Å². The zero-order chi connectivity index (χ0) is 15.7. The van der Waals surface area contributed by atoms with E-state index < -0.39 is 30.3 Å². The molecular formula is C14H16N2O5. The largest absolute Gasteiger partial charge is 0.445 e. The van der Waals surface area contributed by atoms with Crippen LogP contribution in [-0.2, 0) is 25.8 Å². The Morgan fingerprint density at radius 3 is 2.57 bits per heavy atom. The van der Waals surface area contributed by atoms with E-state index in [-0.39, 0.29) is 6.61 Å². The molecule has 1 rings (SSSR count). The van der Waals surface area contributed by atoms with Crippen LogP contribution in [0.2, 0.25) is 0 Å². The quantitative estimate of drug-likeness (QED) is 0.355. The molecule has 21 heavy (non-hydrogen) atoms. The van der Waals surface area contributed by atoms with Gasteiger partial charge in [0.1, 0.15) is 13.0 Å². The molecule has 7 nitrogen and oxygen atoms in total. The number of Topliss-reactive ketones (excluding diaryl/α,β-unsaturated/α-hetero) is 1. The Morgan fingerprint density at radius 1 is 1.29 bits per heavy atom. The molecule has 0 bridgehead atoms. The lowest BCUT2D eigenvalue weighted by Gasteiger charge is -2.12. The fourth-order valence-corrected chi connectivity index (χ4v) is 1.42. The number of rotatable bonds is 7. The van der Waals surface area contributed by atoms with Crippen molar-refractivity contribution in [1.82, 2.24) is 5.32 Å². The minimum atomic E-state index is -0.870. The maximum absolute atomic E-state index is 11.6. The van der Waals surface area contributed by atoms with Crippen LogP contribution in [-0.4, -0.2) is 30.6 Å². The van der Waals surface area contributed by atoms with Crippen LogP contribution in [0.25, 0.3) is 0 Å². The number of hydrogen-bond acceptors (Lipinski definition) is 6. The number of carbonyl (C=O) groups excluding carboxylic acids is 3. The minimum Gasteiger partial charge on any atom is -0.445 e. The molecule has 1 aromatic carbocycles. The van der Waals surface area contributed by atoms with Gasteiger partial charge in [0.25, 0.3) is 0 Å². The lowest BCUT2D eigenvalue weighted by atomic mass is 10.1. The molecule has 1 N–H and O–H groups in total. The molecule has 0 saturated carbocycles. The van der Waals surface area contributed by atoms with Crippen LogP contribution in [0.5, 0.6) is 0 Å². The summed E-state index contributed by atoms with van der Waals surface area (Å²) in [5.41, 5.74) is 0.826. The first kappa shape index (κ1) is 16.4.